The van der Waals surface area contributed by atoms with Crippen molar-refractivity contribution in [2.45, 2.75) is 12.6 Å². The molecule has 1 aromatic heterocycles. The van der Waals surface area contributed by atoms with Gasteiger partial charge in [-0.3, -0.25) is 4.79 Å². The summed E-state index contributed by atoms with van der Waals surface area (Å²) in [5.41, 5.74) is 6.60. The van der Waals surface area contributed by atoms with Crippen LogP contribution in [0.4, 0.5) is 0 Å². The van der Waals surface area contributed by atoms with Crippen molar-refractivity contribution in [2.24, 2.45) is 5.73 Å². The van der Waals surface area contributed by atoms with Crippen LogP contribution < -0.4 is 11.1 Å². The van der Waals surface area contributed by atoms with Crippen molar-refractivity contribution < 1.29 is 9.32 Å². The topological polar surface area (TPSA) is 81.2 Å². The number of carbonyl (C=O) groups is 1. The number of hydrogen-bond acceptors (Lipinski definition) is 4. The van der Waals surface area contributed by atoms with Crippen molar-refractivity contribution >= 4 is 5.91 Å². The zero-order chi connectivity index (χ0) is 12.1. The summed E-state index contributed by atoms with van der Waals surface area (Å²) >= 11 is 0. The summed E-state index contributed by atoms with van der Waals surface area (Å²) in [6, 6.07) is 10.2. The van der Waals surface area contributed by atoms with Crippen molar-refractivity contribution in [1.29, 1.82) is 0 Å². The van der Waals surface area contributed by atoms with E-state index in [4.69, 9.17) is 10.3 Å². The maximum atomic E-state index is 11.7. The number of rotatable bonds is 4. The van der Waals surface area contributed by atoms with E-state index in [-0.39, 0.29) is 5.91 Å². The number of aromatic nitrogens is 1. The summed E-state index contributed by atoms with van der Waals surface area (Å²) in [7, 11) is 0. The Labute approximate surface area is 98.6 Å². The van der Waals surface area contributed by atoms with Gasteiger partial charge in [0.1, 0.15) is 6.04 Å². The van der Waals surface area contributed by atoms with Gasteiger partial charge in [0.05, 0.1) is 12.7 Å². The Morgan fingerprint density at radius 1 is 1.35 bits per heavy atom. The molecule has 88 valence electrons. The summed E-state index contributed by atoms with van der Waals surface area (Å²) in [6.07, 6.45) is 1.53. The van der Waals surface area contributed by atoms with E-state index in [1.807, 2.05) is 30.3 Å². The second kappa shape index (κ2) is 5.27. The highest BCUT2D eigenvalue weighted by Gasteiger charge is 2.15. The number of benzene rings is 1. The molecule has 3 N–H and O–H groups in total. The van der Waals surface area contributed by atoms with Gasteiger partial charge in [-0.05, 0) is 5.56 Å². The largest absolute Gasteiger partial charge is 0.360 e. The molecule has 0 spiro atoms. The molecule has 1 aromatic carbocycles. The van der Waals surface area contributed by atoms with Crippen LogP contribution in [0.25, 0.3) is 0 Å². The number of nitrogens with zero attached hydrogens (tertiary/aromatic N) is 1. The SMILES string of the molecule is N[C@H](C(=O)NCc1ccno1)c1ccccc1. The van der Waals surface area contributed by atoms with Crippen LogP contribution in [-0.2, 0) is 11.3 Å². The van der Waals surface area contributed by atoms with E-state index < -0.39 is 6.04 Å². The first-order valence-corrected chi connectivity index (χ1v) is 5.25. The minimum absolute atomic E-state index is 0.243. The third kappa shape index (κ3) is 2.92. The number of nitrogens with two attached hydrogens (primary N) is 1. The van der Waals surface area contributed by atoms with Crippen LogP contribution >= 0.6 is 0 Å². The molecule has 0 fully saturated rings. The lowest BCUT2D eigenvalue weighted by atomic mass is 10.1. The predicted octanol–water partition coefficient (Wildman–Crippen LogP) is 0.991. The number of nitrogens with one attached hydrogen (secondary N) is 1. The summed E-state index contributed by atoms with van der Waals surface area (Å²) in [5.74, 6) is 0.353. The Balaban J connectivity index is 1.92. The van der Waals surface area contributed by atoms with Crippen LogP contribution in [0.1, 0.15) is 17.4 Å². The van der Waals surface area contributed by atoms with Crippen LogP contribution in [0.3, 0.4) is 0 Å². The maximum Gasteiger partial charge on any atom is 0.241 e. The minimum atomic E-state index is -0.667. The highest BCUT2D eigenvalue weighted by Crippen LogP contribution is 2.09. The summed E-state index contributed by atoms with van der Waals surface area (Å²) in [6.45, 7) is 0.291. The van der Waals surface area contributed by atoms with E-state index in [9.17, 15) is 4.79 Å². The molecule has 0 aliphatic rings. The van der Waals surface area contributed by atoms with Gasteiger partial charge in [-0.25, -0.2) is 0 Å². The Bertz CT molecular complexity index is 468. The molecular formula is C12H13N3O2. The van der Waals surface area contributed by atoms with Crippen molar-refractivity contribution in [3.8, 4) is 0 Å². The van der Waals surface area contributed by atoms with Gasteiger partial charge in [-0.1, -0.05) is 35.5 Å². The van der Waals surface area contributed by atoms with Crippen molar-refractivity contribution in [3.63, 3.8) is 0 Å². The molecule has 17 heavy (non-hydrogen) atoms. The summed E-state index contributed by atoms with van der Waals surface area (Å²) in [4.78, 5) is 11.7. The lowest BCUT2D eigenvalue weighted by Crippen LogP contribution is -2.33. The Morgan fingerprint density at radius 2 is 2.12 bits per heavy atom. The average Bonchev–Trinajstić information content (AvgIpc) is 2.89. The molecule has 0 aliphatic carbocycles. The molecule has 0 saturated carbocycles. The fraction of sp³-hybridized carbons (Fsp3) is 0.167. The smallest absolute Gasteiger partial charge is 0.241 e. The zero-order valence-electron chi connectivity index (χ0n) is 9.17. The van der Waals surface area contributed by atoms with Crippen molar-refractivity contribution in [1.82, 2.24) is 10.5 Å². The first-order valence-electron chi connectivity index (χ1n) is 5.25. The Hall–Kier alpha value is -2.14. The highest BCUT2D eigenvalue weighted by molar-refractivity contribution is 5.82. The molecule has 1 heterocycles. The number of carbonyl (C=O) groups excluding carboxylic acids is 1. The van der Waals surface area contributed by atoms with Crippen LogP contribution in [0, 0.1) is 0 Å². The van der Waals surface area contributed by atoms with Gasteiger partial charge >= 0.3 is 0 Å². The van der Waals surface area contributed by atoms with Crippen LogP contribution in [0.15, 0.2) is 47.1 Å². The molecule has 5 heteroatoms. The summed E-state index contributed by atoms with van der Waals surface area (Å²) < 4.78 is 4.86. The second-order valence-corrected chi connectivity index (χ2v) is 3.58. The van der Waals surface area contributed by atoms with Gasteiger partial charge in [-0.15, -0.1) is 0 Å². The van der Waals surface area contributed by atoms with Gasteiger partial charge in [0.2, 0.25) is 5.91 Å². The van der Waals surface area contributed by atoms with Crippen molar-refractivity contribution in [2.75, 3.05) is 0 Å². The Morgan fingerprint density at radius 3 is 2.76 bits per heavy atom. The standard InChI is InChI=1S/C12H13N3O2/c13-11(9-4-2-1-3-5-9)12(16)14-8-10-6-7-15-17-10/h1-7,11H,8,13H2,(H,14,16)/t11-/m0/s1. The third-order valence-corrected chi connectivity index (χ3v) is 2.37. The second-order valence-electron chi connectivity index (χ2n) is 3.58. The predicted molar refractivity (Wildman–Crippen MR) is 61.7 cm³/mol. The van der Waals surface area contributed by atoms with E-state index in [1.54, 1.807) is 6.07 Å². The fourth-order valence-electron chi connectivity index (χ4n) is 1.43. The van der Waals surface area contributed by atoms with E-state index in [0.717, 1.165) is 5.56 Å². The van der Waals surface area contributed by atoms with Crippen LogP contribution in [0.5, 0.6) is 0 Å². The molecule has 0 radical (unpaired) electrons. The van der Waals surface area contributed by atoms with E-state index in [2.05, 4.69) is 10.5 Å². The first-order chi connectivity index (χ1) is 8.27. The molecule has 2 aromatic rings. The summed E-state index contributed by atoms with van der Waals surface area (Å²) in [5, 5.41) is 6.23. The van der Waals surface area contributed by atoms with Crippen molar-refractivity contribution in [3.05, 3.63) is 53.9 Å². The molecular weight excluding hydrogens is 218 g/mol. The molecule has 0 unspecified atom stereocenters. The van der Waals surface area contributed by atoms with Crippen LogP contribution in [0.2, 0.25) is 0 Å². The minimum Gasteiger partial charge on any atom is -0.360 e. The maximum absolute atomic E-state index is 11.7. The molecule has 1 amide bonds. The molecule has 0 saturated heterocycles. The van der Waals surface area contributed by atoms with Gasteiger partial charge in [0.15, 0.2) is 5.76 Å². The lowest BCUT2D eigenvalue weighted by Gasteiger charge is -2.11. The molecule has 0 bridgehead atoms. The quantitative estimate of drug-likeness (QED) is 0.822. The van der Waals surface area contributed by atoms with Gasteiger partial charge in [-0.2, -0.15) is 0 Å². The first kappa shape index (κ1) is 11.3. The lowest BCUT2D eigenvalue weighted by molar-refractivity contribution is -0.122. The fourth-order valence-corrected chi connectivity index (χ4v) is 1.43. The molecule has 1 atom stereocenters. The zero-order valence-corrected chi connectivity index (χ0v) is 9.17. The highest BCUT2D eigenvalue weighted by atomic mass is 16.5. The monoisotopic (exact) mass is 231 g/mol. The number of hydrogen-bond donors (Lipinski definition) is 2. The molecule has 0 aliphatic heterocycles. The van der Waals surface area contributed by atoms with Gasteiger partial charge in [0.25, 0.3) is 0 Å². The van der Waals surface area contributed by atoms with Gasteiger partial charge in [0, 0.05) is 6.07 Å². The van der Waals surface area contributed by atoms with Gasteiger partial charge < -0.3 is 15.6 Å². The average molecular weight is 231 g/mol. The molecule has 5 nitrogen and oxygen atoms in total. The molecule has 2 rings (SSSR count). The van der Waals surface area contributed by atoms with E-state index >= 15 is 0 Å². The third-order valence-electron chi connectivity index (χ3n) is 2.37. The number of amides is 1. The van der Waals surface area contributed by atoms with Crippen LogP contribution in [-0.4, -0.2) is 11.1 Å². The Kier molecular flexibility index (Phi) is 3.52. The van der Waals surface area contributed by atoms with E-state index in [0.29, 0.717) is 12.3 Å². The van der Waals surface area contributed by atoms with E-state index in [1.165, 1.54) is 6.20 Å². The normalized spacial score (nSPS) is 12.1.